The zero-order chi connectivity index (χ0) is 14.5. The summed E-state index contributed by atoms with van der Waals surface area (Å²) in [5.41, 5.74) is 10.8. The maximum Gasteiger partial charge on any atom is 0.217 e. The number of rotatable bonds is 7. The molecule has 0 fully saturated rings. The van der Waals surface area contributed by atoms with Crippen molar-refractivity contribution < 1.29 is 17.9 Å². The summed E-state index contributed by atoms with van der Waals surface area (Å²) in [6.45, 7) is 0.195. The van der Waals surface area contributed by atoms with Crippen LogP contribution in [0.25, 0.3) is 0 Å². The van der Waals surface area contributed by atoms with Crippen LogP contribution in [0.15, 0.2) is 29.2 Å². The van der Waals surface area contributed by atoms with Crippen molar-refractivity contribution in [2.24, 2.45) is 11.5 Å². The van der Waals surface area contributed by atoms with E-state index >= 15 is 0 Å². The van der Waals surface area contributed by atoms with E-state index in [1.165, 1.54) is 12.1 Å². The van der Waals surface area contributed by atoms with Crippen LogP contribution >= 0.6 is 0 Å². The van der Waals surface area contributed by atoms with Crippen LogP contribution in [0.2, 0.25) is 0 Å². The highest BCUT2D eigenvalue weighted by Crippen LogP contribution is 2.17. The Balaban J connectivity index is 2.56. The van der Waals surface area contributed by atoms with E-state index in [0.717, 1.165) is 6.26 Å². The topological polar surface area (TPSA) is 112 Å². The zero-order valence-corrected chi connectivity index (χ0v) is 11.5. The van der Waals surface area contributed by atoms with E-state index in [1.807, 2.05) is 0 Å². The molecule has 106 valence electrons. The fraction of sp³-hybridized carbons (Fsp3) is 0.417. The van der Waals surface area contributed by atoms with Crippen molar-refractivity contribution in [1.82, 2.24) is 0 Å². The number of carbonyl (C=O) groups is 1. The molecule has 0 bridgehead atoms. The lowest BCUT2D eigenvalue weighted by atomic mass is 10.2. The smallest absolute Gasteiger partial charge is 0.217 e. The van der Waals surface area contributed by atoms with E-state index < -0.39 is 15.7 Å². The van der Waals surface area contributed by atoms with Crippen LogP contribution in [-0.2, 0) is 14.6 Å². The van der Waals surface area contributed by atoms with Gasteiger partial charge in [0.05, 0.1) is 4.90 Å². The van der Waals surface area contributed by atoms with Crippen molar-refractivity contribution in [3.8, 4) is 5.75 Å². The maximum atomic E-state index is 11.4. The molecule has 0 saturated carbocycles. The summed E-state index contributed by atoms with van der Waals surface area (Å²) in [7, 11) is -3.26. The summed E-state index contributed by atoms with van der Waals surface area (Å²) >= 11 is 0. The molecule has 1 rings (SSSR count). The Kier molecular flexibility index (Phi) is 5.31. The molecule has 0 spiro atoms. The number of primary amides is 1. The Morgan fingerprint density at radius 1 is 1.42 bits per heavy atom. The minimum absolute atomic E-state index is 0.190. The van der Waals surface area contributed by atoms with Crippen LogP contribution in [0, 0.1) is 0 Å². The highest BCUT2D eigenvalue weighted by molar-refractivity contribution is 7.90. The van der Waals surface area contributed by atoms with Gasteiger partial charge in [0.1, 0.15) is 12.4 Å². The van der Waals surface area contributed by atoms with Crippen molar-refractivity contribution in [3.63, 3.8) is 0 Å². The Hall–Kier alpha value is -1.60. The largest absolute Gasteiger partial charge is 0.492 e. The summed E-state index contributed by atoms with van der Waals surface area (Å²) in [5.74, 6) is 0.0203. The standard InChI is InChI=1S/C12H18N2O4S/c1-19(16,17)11-4-2-3-10(7-11)18-8-9(13)5-6-12(14)15/h2-4,7,9H,5-6,8,13H2,1H3,(H2,14,15)/t9-/m0/s1. The average molecular weight is 286 g/mol. The first kappa shape index (κ1) is 15.5. The van der Waals surface area contributed by atoms with Crippen LogP contribution in [0.3, 0.4) is 0 Å². The lowest BCUT2D eigenvalue weighted by Crippen LogP contribution is -2.29. The molecule has 0 saturated heterocycles. The SMILES string of the molecule is CS(=O)(=O)c1cccc(OC[C@@H](N)CCC(N)=O)c1. The van der Waals surface area contributed by atoms with Crippen molar-refractivity contribution in [3.05, 3.63) is 24.3 Å². The van der Waals surface area contributed by atoms with Crippen LogP contribution in [0.4, 0.5) is 0 Å². The summed E-state index contributed by atoms with van der Waals surface area (Å²) in [5, 5.41) is 0. The average Bonchev–Trinajstić information content (AvgIpc) is 2.33. The molecule has 0 unspecified atom stereocenters. The molecule has 4 N–H and O–H groups in total. The monoisotopic (exact) mass is 286 g/mol. The summed E-state index contributed by atoms with van der Waals surface area (Å²) < 4.78 is 28.1. The van der Waals surface area contributed by atoms with Crippen molar-refractivity contribution >= 4 is 15.7 Å². The predicted molar refractivity (Wildman–Crippen MR) is 71.5 cm³/mol. The Labute approximate surface area is 112 Å². The summed E-state index contributed by atoms with van der Waals surface area (Å²) in [4.78, 5) is 10.8. The second-order valence-electron chi connectivity index (χ2n) is 4.32. The third-order valence-corrected chi connectivity index (χ3v) is 3.57. The molecule has 1 amide bonds. The maximum absolute atomic E-state index is 11.4. The van der Waals surface area contributed by atoms with Crippen molar-refractivity contribution in [1.29, 1.82) is 0 Å². The highest BCUT2D eigenvalue weighted by atomic mass is 32.2. The highest BCUT2D eigenvalue weighted by Gasteiger charge is 2.09. The Bertz CT molecular complexity index is 542. The molecule has 1 aromatic carbocycles. The van der Waals surface area contributed by atoms with Crippen LogP contribution in [0.5, 0.6) is 5.75 Å². The van der Waals surface area contributed by atoms with Crippen molar-refractivity contribution in [2.75, 3.05) is 12.9 Å². The first-order valence-electron chi connectivity index (χ1n) is 5.76. The number of amides is 1. The number of carbonyl (C=O) groups excluding carboxylic acids is 1. The van der Waals surface area contributed by atoms with Gasteiger partial charge in [-0.2, -0.15) is 0 Å². The van der Waals surface area contributed by atoms with Crippen LogP contribution < -0.4 is 16.2 Å². The molecule has 0 radical (unpaired) electrons. The normalized spacial score (nSPS) is 12.9. The van der Waals surface area contributed by atoms with Gasteiger partial charge in [-0.05, 0) is 24.6 Å². The summed E-state index contributed by atoms with van der Waals surface area (Å²) in [6.07, 6.45) is 1.76. The summed E-state index contributed by atoms with van der Waals surface area (Å²) in [6, 6.07) is 5.86. The number of hydrogen-bond donors (Lipinski definition) is 2. The molecule has 0 aliphatic carbocycles. The van der Waals surface area contributed by atoms with E-state index in [0.29, 0.717) is 12.2 Å². The van der Waals surface area contributed by atoms with Gasteiger partial charge in [-0.1, -0.05) is 6.07 Å². The third kappa shape index (κ3) is 5.71. The van der Waals surface area contributed by atoms with Gasteiger partial charge in [-0.15, -0.1) is 0 Å². The molecule has 6 nitrogen and oxygen atoms in total. The second-order valence-corrected chi connectivity index (χ2v) is 6.34. The minimum atomic E-state index is -3.26. The lowest BCUT2D eigenvalue weighted by Gasteiger charge is -2.12. The quantitative estimate of drug-likeness (QED) is 0.736. The number of hydrogen-bond acceptors (Lipinski definition) is 5. The van der Waals surface area contributed by atoms with Crippen molar-refractivity contribution in [2.45, 2.75) is 23.8 Å². The van der Waals surface area contributed by atoms with Gasteiger partial charge < -0.3 is 16.2 Å². The third-order valence-electron chi connectivity index (χ3n) is 2.46. The second kappa shape index (κ2) is 6.53. The Morgan fingerprint density at radius 3 is 2.68 bits per heavy atom. The number of benzene rings is 1. The Morgan fingerprint density at radius 2 is 2.11 bits per heavy atom. The molecule has 0 aliphatic heterocycles. The molecular weight excluding hydrogens is 268 g/mol. The molecule has 0 aliphatic rings. The van der Waals surface area contributed by atoms with E-state index in [9.17, 15) is 13.2 Å². The van der Waals surface area contributed by atoms with Gasteiger partial charge in [0, 0.05) is 18.7 Å². The van der Waals surface area contributed by atoms with Gasteiger partial charge in [0.25, 0.3) is 0 Å². The molecule has 1 aromatic rings. The minimum Gasteiger partial charge on any atom is -0.492 e. The fourth-order valence-electron chi connectivity index (χ4n) is 1.41. The van der Waals surface area contributed by atoms with Gasteiger partial charge in [-0.25, -0.2) is 8.42 Å². The van der Waals surface area contributed by atoms with E-state index in [4.69, 9.17) is 16.2 Å². The van der Waals surface area contributed by atoms with Gasteiger partial charge in [-0.3, -0.25) is 4.79 Å². The van der Waals surface area contributed by atoms with Gasteiger partial charge >= 0.3 is 0 Å². The fourth-order valence-corrected chi connectivity index (χ4v) is 2.06. The molecule has 1 atom stereocenters. The molecule has 7 heteroatoms. The number of ether oxygens (including phenoxy) is 1. The van der Waals surface area contributed by atoms with Crippen LogP contribution in [-0.4, -0.2) is 33.2 Å². The number of sulfone groups is 1. The number of nitrogens with two attached hydrogens (primary N) is 2. The van der Waals surface area contributed by atoms with Crippen LogP contribution in [0.1, 0.15) is 12.8 Å². The van der Waals surface area contributed by atoms with Gasteiger partial charge in [0.15, 0.2) is 9.84 Å². The molecule has 19 heavy (non-hydrogen) atoms. The van der Waals surface area contributed by atoms with Gasteiger partial charge in [0.2, 0.25) is 5.91 Å². The van der Waals surface area contributed by atoms with E-state index in [1.54, 1.807) is 12.1 Å². The molecular formula is C12H18N2O4S. The molecule has 0 heterocycles. The van der Waals surface area contributed by atoms with E-state index in [2.05, 4.69) is 0 Å². The zero-order valence-electron chi connectivity index (χ0n) is 10.7. The lowest BCUT2D eigenvalue weighted by molar-refractivity contribution is -0.118. The van der Waals surface area contributed by atoms with E-state index in [-0.39, 0.29) is 24.0 Å². The predicted octanol–water partition coefficient (Wildman–Crippen LogP) is 0.0617. The first-order chi connectivity index (χ1) is 8.79. The first-order valence-corrected chi connectivity index (χ1v) is 7.65. The molecule has 0 aromatic heterocycles.